The van der Waals surface area contributed by atoms with Gasteiger partial charge >= 0.3 is 23.9 Å². The van der Waals surface area contributed by atoms with E-state index in [1.807, 2.05) is 0 Å². The molecule has 0 aliphatic carbocycles. The van der Waals surface area contributed by atoms with Gasteiger partial charge in [-0.2, -0.15) is 0 Å². The third kappa shape index (κ3) is 7.87. The maximum absolute atomic E-state index is 9.10. The van der Waals surface area contributed by atoms with Gasteiger partial charge in [-0.1, -0.05) is 24.3 Å². The second-order valence-electron chi connectivity index (χ2n) is 4.41. The molecule has 1 unspecified atom stereocenters. The summed E-state index contributed by atoms with van der Waals surface area (Å²) in [5.41, 5.74) is 8.49. The largest absolute Gasteiger partial charge is 0.473 e. The highest BCUT2D eigenvalue weighted by molar-refractivity contribution is 6.27. The molecule has 7 N–H and O–H groups in total. The highest BCUT2D eigenvalue weighted by Crippen LogP contribution is 2.20. The van der Waals surface area contributed by atoms with E-state index < -0.39 is 23.9 Å². The first-order valence-corrected chi connectivity index (χ1v) is 6.64. The zero-order valence-electron chi connectivity index (χ0n) is 12.5. The number of carboxylic acids is 4. The minimum Gasteiger partial charge on any atom is -0.473 e. The van der Waals surface area contributed by atoms with Gasteiger partial charge in [-0.05, 0) is 24.1 Å². The van der Waals surface area contributed by atoms with Gasteiger partial charge in [0.25, 0.3) is 0 Å². The van der Waals surface area contributed by atoms with E-state index in [0.717, 1.165) is 13.0 Å². The molecule has 24 heavy (non-hydrogen) atoms. The first-order valence-electron chi connectivity index (χ1n) is 6.64. The highest BCUT2D eigenvalue weighted by atomic mass is 16.4. The molecular formula is C14H18N2O8. The lowest BCUT2D eigenvalue weighted by Gasteiger charge is -2.25. The van der Waals surface area contributed by atoms with E-state index >= 15 is 0 Å². The van der Waals surface area contributed by atoms with Crippen molar-refractivity contribution >= 4 is 23.9 Å². The molecule has 1 aliphatic rings. The van der Waals surface area contributed by atoms with Crippen LogP contribution in [0.4, 0.5) is 0 Å². The van der Waals surface area contributed by atoms with E-state index in [1.54, 1.807) is 0 Å². The van der Waals surface area contributed by atoms with E-state index in [9.17, 15) is 0 Å². The van der Waals surface area contributed by atoms with Crippen LogP contribution >= 0.6 is 0 Å². The third-order valence-electron chi connectivity index (χ3n) is 2.82. The Hall–Kier alpha value is -2.98. The Morgan fingerprint density at radius 2 is 1.42 bits per heavy atom. The van der Waals surface area contributed by atoms with Crippen LogP contribution in [0.1, 0.15) is 17.2 Å². The van der Waals surface area contributed by atoms with Crippen molar-refractivity contribution in [3.8, 4) is 0 Å². The zero-order chi connectivity index (χ0) is 18.7. The Bertz CT molecular complexity index is 554. The van der Waals surface area contributed by atoms with Crippen LogP contribution in [0.15, 0.2) is 24.3 Å². The van der Waals surface area contributed by atoms with Crippen molar-refractivity contribution < 1.29 is 39.6 Å². The van der Waals surface area contributed by atoms with Crippen molar-refractivity contribution in [3.05, 3.63) is 35.4 Å². The number of benzene rings is 1. The lowest BCUT2D eigenvalue weighted by molar-refractivity contribution is -0.159. The molecule has 0 aromatic heterocycles. The summed E-state index contributed by atoms with van der Waals surface area (Å²) in [6, 6.07) is 8.90. The molecule has 1 aromatic carbocycles. The molecule has 10 nitrogen and oxygen atoms in total. The van der Waals surface area contributed by atoms with Gasteiger partial charge in [0.1, 0.15) is 0 Å². The summed E-state index contributed by atoms with van der Waals surface area (Å²) in [6.45, 7) is 1.75. The number of aliphatic carboxylic acids is 4. The van der Waals surface area contributed by atoms with Crippen LogP contribution in [-0.2, 0) is 25.6 Å². The fourth-order valence-electron chi connectivity index (χ4n) is 1.80. The molecule has 0 amide bonds. The average molecular weight is 342 g/mol. The van der Waals surface area contributed by atoms with Crippen molar-refractivity contribution in [2.45, 2.75) is 12.5 Å². The molecule has 0 saturated heterocycles. The van der Waals surface area contributed by atoms with E-state index in [-0.39, 0.29) is 0 Å². The first-order chi connectivity index (χ1) is 11.2. The van der Waals surface area contributed by atoms with Gasteiger partial charge in [-0.15, -0.1) is 0 Å². The molecule has 0 spiro atoms. The topological polar surface area (TPSA) is 187 Å². The van der Waals surface area contributed by atoms with Crippen molar-refractivity contribution in [2.75, 3.05) is 13.1 Å². The Balaban J connectivity index is 0.000000377. The van der Waals surface area contributed by atoms with Crippen LogP contribution in [0.5, 0.6) is 0 Å². The molecule has 0 fully saturated rings. The molecule has 0 bridgehead atoms. The predicted octanol–water partition coefficient (Wildman–Crippen LogP) is -0.857. The minimum atomic E-state index is -1.82. The third-order valence-corrected chi connectivity index (χ3v) is 2.82. The summed E-state index contributed by atoms with van der Waals surface area (Å²) in [7, 11) is 0. The maximum atomic E-state index is 9.10. The van der Waals surface area contributed by atoms with Crippen LogP contribution in [0.25, 0.3) is 0 Å². The number of fused-ring (bicyclic) bond motifs is 1. The summed E-state index contributed by atoms with van der Waals surface area (Å²) in [5, 5.41) is 33.0. The zero-order valence-corrected chi connectivity index (χ0v) is 12.5. The number of hydrogen-bond acceptors (Lipinski definition) is 6. The van der Waals surface area contributed by atoms with Gasteiger partial charge in [-0.3, -0.25) is 0 Å². The van der Waals surface area contributed by atoms with E-state index in [0.29, 0.717) is 12.6 Å². The van der Waals surface area contributed by atoms with E-state index in [1.165, 1.54) is 11.1 Å². The average Bonchev–Trinajstić information content (AvgIpc) is 2.55. The SMILES string of the molecule is NCC1NCCc2ccccc21.O=C(O)C(=O)O.O=C(O)C(=O)O. The van der Waals surface area contributed by atoms with Gasteiger partial charge in [-0.25, -0.2) is 19.2 Å². The Labute approximate surface area is 136 Å². The molecule has 10 heteroatoms. The highest BCUT2D eigenvalue weighted by Gasteiger charge is 2.16. The van der Waals surface area contributed by atoms with E-state index in [2.05, 4.69) is 29.6 Å². The van der Waals surface area contributed by atoms with Gasteiger partial charge < -0.3 is 31.5 Å². The van der Waals surface area contributed by atoms with Crippen molar-refractivity contribution in [1.82, 2.24) is 5.32 Å². The van der Waals surface area contributed by atoms with Gasteiger partial charge in [0, 0.05) is 12.6 Å². The number of hydrogen-bond donors (Lipinski definition) is 6. The molecule has 0 radical (unpaired) electrons. The molecule has 2 rings (SSSR count). The van der Waals surface area contributed by atoms with Crippen LogP contribution in [-0.4, -0.2) is 57.4 Å². The predicted molar refractivity (Wildman–Crippen MR) is 80.5 cm³/mol. The second kappa shape index (κ2) is 10.7. The molecule has 132 valence electrons. The number of rotatable bonds is 1. The summed E-state index contributed by atoms with van der Waals surface area (Å²) >= 11 is 0. The molecular weight excluding hydrogens is 324 g/mol. The fraction of sp³-hybridized carbons (Fsp3) is 0.286. The molecule has 1 aromatic rings. The minimum absolute atomic E-state index is 0.370. The van der Waals surface area contributed by atoms with Gasteiger partial charge in [0.2, 0.25) is 0 Å². The van der Waals surface area contributed by atoms with Gasteiger partial charge in [0.05, 0.1) is 0 Å². The van der Waals surface area contributed by atoms with E-state index in [4.69, 9.17) is 45.3 Å². The molecule has 1 heterocycles. The summed E-state index contributed by atoms with van der Waals surface area (Å²) < 4.78 is 0. The van der Waals surface area contributed by atoms with Crippen LogP contribution in [0.2, 0.25) is 0 Å². The Morgan fingerprint density at radius 1 is 0.958 bits per heavy atom. The van der Waals surface area contributed by atoms with Crippen molar-refractivity contribution in [2.24, 2.45) is 5.73 Å². The fourth-order valence-corrected chi connectivity index (χ4v) is 1.80. The van der Waals surface area contributed by atoms with Crippen molar-refractivity contribution in [3.63, 3.8) is 0 Å². The van der Waals surface area contributed by atoms with Crippen molar-refractivity contribution in [1.29, 1.82) is 0 Å². The lowest BCUT2D eigenvalue weighted by atomic mass is 9.95. The molecule has 1 atom stereocenters. The van der Waals surface area contributed by atoms with Crippen LogP contribution < -0.4 is 11.1 Å². The Kier molecular flexibility index (Phi) is 9.37. The summed E-state index contributed by atoms with van der Waals surface area (Å²) in [4.78, 5) is 36.4. The van der Waals surface area contributed by atoms with Crippen LogP contribution in [0.3, 0.4) is 0 Å². The maximum Gasteiger partial charge on any atom is 0.414 e. The lowest BCUT2D eigenvalue weighted by Crippen LogP contribution is -2.34. The normalized spacial score (nSPS) is 14.6. The quantitative estimate of drug-likeness (QED) is 0.350. The molecule has 1 aliphatic heterocycles. The second-order valence-corrected chi connectivity index (χ2v) is 4.41. The number of carboxylic acid groups (broad SMARTS) is 4. The smallest absolute Gasteiger partial charge is 0.414 e. The number of nitrogens with two attached hydrogens (primary N) is 1. The summed E-state index contributed by atoms with van der Waals surface area (Å²) in [5.74, 6) is -7.30. The van der Waals surface area contributed by atoms with Gasteiger partial charge in [0.15, 0.2) is 0 Å². The molecule has 0 saturated carbocycles. The number of nitrogens with one attached hydrogen (secondary N) is 1. The standard InChI is InChI=1S/C10H14N2.2C2H2O4/c11-7-10-9-4-2-1-3-8(9)5-6-12-10;2*3-1(4)2(5)6/h1-4,10,12H,5-7,11H2;2*(H,3,4)(H,5,6). The summed E-state index contributed by atoms with van der Waals surface area (Å²) in [6.07, 6.45) is 1.13. The first kappa shape index (κ1) is 21.0. The van der Waals surface area contributed by atoms with Crippen LogP contribution in [0, 0.1) is 0 Å². The number of carbonyl (C=O) groups is 4. The Morgan fingerprint density at radius 3 is 1.83 bits per heavy atom. The monoisotopic (exact) mass is 342 g/mol.